The number of carbonyl (C=O) groups excluding carboxylic acids is 4. The molecule has 1 aromatic rings. The number of nitrogens with one attached hydrogen (secondary N) is 3. The van der Waals surface area contributed by atoms with Gasteiger partial charge < -0.3 is 35.2 Å². The third kappa shape index (κ3) is 7.14. The van der Waals surface area contributed by atoms with Crippen molar-refractivity contribution < 1.29 is 28.7 Å². The van der Waals surface area contributed by atoms with Gasteiger partial charge in [0.25, 0.3) is 0 Å². The molecule has 0 saturated carbocycles. The number of likely N-dealkylation sites (tertiary alicyclic amines) is 1. The summed E-state index contributed by atoms with van der Waals surface area (Å²) in [6.07, 6.45) is 5.52. The summed E-state index contributed by atoms with van der Waals surface area (Å²) in [6, 6.07) is 2.48. The Hall–Kier alpha value is -3.60. The van der Waals surface area contributed by atoms with Crippen molar-refractivity contribution in [2.24, 2.45) is 11.8 Å². The molecule has 0 spiro atoms. The number of likely N-dealkylation sites (N-methyl/N-ethyl adjacent to an activating group) is 1. The number of hydrogen-bond donors (Lipinski definition) is 3. The first-order valence-corrected chi connectivity index (χ1v) is 15.5. The molecule has 3 heterocycles. The maximum Gasteiger partial charge on any atom is 0.249 e. The van der Waals surface area contributed by atoms with Gasteiger partial charge in [0, 0.05) is 31.3 Å². The van der Waals surface area contributed by atoms with Gasteiger partial charge in [-0.05, 0) is 62.4 Å². The monoisotopic (exact) mass is 597 g/mol. The highest BCUT2D eigenvalue weighted by Crippen LogP contribution is 2.32. The number of hydrogen-bond acceptors (Lipinski definition) is 7. The number of nitrogens with zero attached hydrogens (tertiary/aromatic N) is 2. The van der Waals surface area contributed by atoms with E-state index in [1.165, 1.54) is 0 Å². The number of carbonyl (C=O) groups is 4. The second-order valence-corrected chi connectivity index (χ2v) is 12.2. The van der Waals surface area contributed by atoms with Crippen LogP contribution < -0.4 is 25.4 Å². The number of rotatable bonds is 9. The first-order chi connectivity index (χ1) is 20.6. The fourth-order valence-corrected chi connectivity index (χ4v) is 6.36. The zero-order valence-electron chi connectivity index (χ0n) is 26.2. The molecular weight excluding hydrogens is 550 g/mol. The van der Waals surface area contributed by atoms with Crippen molar-refractivity contribution in [2.75, 3.05) is 27.2 Å². The van der Waals surface area contributed by atoms with E-state index in [1.807, 2.05) is 27.7 Å². The molecule has 6 atom stereocenters. The number of fused-ring (bicyclic) bond motifs is 4. The van der Waals surface area contributed by atoms with Crippen molar-refractivity contribution in [3.05, 3.63) is 30.0 Å². The van der Waals surface area contributed by atoms with Crippen LogP contribution in [-0.4, -0.2) is 90.9 Å². The minimum atomic E-state index is -0.943. The minimum Gasteiger partial charge on any atom is -0.496 e. The highest BCUT2D eigenvalue weighted by atomic mass is 16.5. The van der Waals surface area contributed by atoms with E-state index < -0.39 is 30.3 Å². The van der Waals surface area contributed by atoms with E-state index in [9.17, 15) is 19.2 Å². The van der Waals surface area contributed by atoms with Crippen LogP contribution >= 0.6 is 0 Å². The Morgan fingerprint density at radius 1 is 1.16 bits per heavy atom. The van der Waals surface area contributed by atoms with Gasteiger partial charge in [-0.25, -0.2) is 0 Å². The predicted octanol–water partition coefficient (Wildman–Crippen LogP) is 2.30. The molecule has 3 aliphatic rings. The molecule has 2 fully saturated rings. The van der Waals surface area contributed by atoms with Crippen molar-refractivity contribution in [1.82, 2.24) is 25.8 Å². The molecular formula is C32H47N5O6. The predicted molar refractivity (Wildman–Crippen MR) is 163 cm³/mol. The van der Waals surface area contributed by atoms with Crippen LogP contribution in [0.15, 0.2) is 24.4 Å². The molecule has 4 rings (SSSR count). The van der Waals surface area contributed by atoms with Gasteiger partial charge in [-0.3, -0.25) is 19.2 Å². The van der Waals surface area contributed by atoms with Crippen LogP contribution in [0.2, 0.25) is 0 Å². The molecule has 43 heavy (non-hydrogen) atoms. The van der Waals surface area contributed by atoms with Gasteiger partial charge in [0.1, 0.15) is 35.7 Å². The van der Waals surface area contributed by atoms with E-state index in [0.29, 0.717) is 55.8 Å². The van der Waals surface area contributed by atoms with Crippen LogP contribution in [0.3, 0.4) is 0 Å². The Morgan fingerprint density at radius 3 is 2.60 bits per heavy atom. The maximum absolute atomic E-state index is 14.3. The molecule has 4 amide bonds. The summed E-state index contributed by atoms with van der Waals surface area (Å²) in [5.74, 6) is 0.183. The Balaban J connectivity index is 1.69. The second-order valence-electron chi connectivity index (χ2n) is 12.2. The van der Waals surface area contributed by atoms with E-state index in [1.54, 1.807) is 54.4 Å². The summed E-state index contributed by atoms with van der Waals surface area (Å²) in [4.78, 5) is 58.3. The molecule has 1 aromatic carbocycles. The average molecular weight is 598 g/mol. The summed E-state index contributed by atoms with van der Waals surface area (Å²) >= 11 is 0. The fraction of sp³-hybridized carbons (Fsp3) is 0.625. The zero-order chi connectivity index (χ0) is 31.3. The summed E-state index contributed by atoms with van der Waals surface area (Å²) in [5, 5.41) is 8.91. The molecule has 3 N–H and O–H groups in total. The average Bonchev–Trinajstić information content (AvgIpc) is 3.64. The molecule has 2 saturated heterocycles. The van der Waals surface area contributed by atoms with Crippen LogP contribution in [0.1, 0.15) is 65.4 Å². The Kier molecular flexibility index (Phi) is 10.7. The molecule has 0 aromatic heterocycles. The van der Waals surface area contributed by atoms with Gasteiger partial charge in [-0.15, -0.1) is 0 Å². The Labute approximate surface area is 254 Å². The molecule has 11 nitrogen and oxygen atoms in total. The van der Waals surface area contributed by atoms with Gasteiger partial charge in [-0.2, -0.15) is 0 Å². The summed E-state index contributed by atoms with van der Waals surface area (Å²) in [6.45, 7) is 8.72. The first kappa shape index (κ1) is 32.3. The van der Waals surface area contributed by atoms with E-state index in [4.69, 9.17) is 9.47 Å². The highest BCUT2D eigenvalue weighted by molar-refractivity contribution is 5.96. The number of amides is 4. The van der Waals surface area contributed by atoms with Crippen LogP contribution in [0.25, 0.3) is 6.08 Å². The molecule has 0 aliphatic carbocycles. The SMILES string of the molecule is CCC(C)[C@@H](NC)C(=O)N[C@@H](CC(C)C)C(=O)N1CC[C@@H]2Oc3ccc(OC)c(c3)/C=C\NC(=O)[C@@H]3CCCN3C(=O)[C@H]21. The third-order valence-electron chi connectivity index (χ3n) is 8.82. The standard InChI is InChI=1S/C32H47N5O6/c1-7-20(4)27(33-5)30(39)35-23(17-19(2)3)31(40)37-16-13-26-28(37)32(41)36-15-8-9-24(36)29(38)34-14-12-21-18-22(43-26)10-11-25(21)42-6/h10-12,14,18-20,23-24,26-28,33H,7-9,13,15-17H2,1-6H3,(H,34,38)(H,35,39)/b14-12-/t20?,23-,24-,26-,27+,28-/m0/s1. The van der Waals surface area contributed by atoms with Crippen molar-refractivity contribution >= 4 is 29.7 Å². The molecule has 3 aliphatic heterocycles. The lowest BCUT2D eigenvalue weighted by atomic mass is 9.96. The van der Waals surface area contributed by atoms with Crippen LogP contribution in [0.5, 0.6) is 11.5 Å². The Bertz CT molecular complexity index is 1220. The van der Waals surface area contributed by atoms with E-state index in [-0.39, 0.29) is 35.5 Å². The number of benzene rings is 1. The van der Waals surface area contributed by atoms with Crippen LogP contribution in [0.4, 0.5) is 0 Å². The Morgan fingerprint density at radius 2 is 1.93 bits per heavy atom. The normalized spacial score (nSPS) is 24.8. The maximum atomic E-state index is 14.3. The topological polar surface area (TPSA) is 129 Å². The highest BCUT2D eigenvalue weighted by Gasteiger charge is 2.49. The largest absolute Gasteiger partial charge is 0.496 e. The lowest BCUT2D eigenvalue weighted by molar-refractivity contribution is -0.150. The molecule has 0 radical (unpaired) electrons. The minimum absolute atomic E-state index is 0.0726. The van der Waals surface area contributed by atoms with Crippen LogP contribution in [0, 0.1) is 11.8 Å². The first-order valence-electron chi connectivity index (χ1n) is 15.5. The quantitative estimate of drug-likeness (QED) is 0.399. The van der Waals surface area contributed by atoms with Gasteiger partial charge in [0.05, 0.1) is 13.2 Å². The smallest absolute Gasteiger partial charge is 0.249 e. The van der Waals surface area contributed by atoms with E-state index >= 15 is 0 Å². The molecule has 1 unspecified atom stereocenters. The third-order valence-corrected chi connectivity index (χ3v) is 8.82. The van der Waals surface area contributed by atoms with E-state index in [0.717, 1.165) is 6.42 Å². The summed E-state index contributed by atoms with van der Waals surface area (Å²) in [5.41, 5.74) is 0.705. The fourth-order valence-electron chi connectivity index (χ4n) is 6.36. The van der Waals surface area contributed by atoms with Crippen molar-refractivity contribution in [2.45, 2.75) is 90.1 Å². The van der Waals surface area contributed by atoms with E-state index in [2.05, 4.69) is 16.0 Å². The van der Waals surface area contributed by atoms with Crippen LogP contribution in [-0.2, 0) is 19.2 Å². The molecule has 11 heteroatoms. The zero-order valence-corrected chi connectivity index (χ0v) is 26.2. The van der Waals surface area contributed by atoms with Gasteiger partial charge in [-0.1, -0.05) is 34.1 Å². The number of methoxy groups -OCH3 is 1. The van der Waals surface area contributed by atoms with Gasteiger partial charge >= 0.3 is 0 Å². The van der Waals surface area contributed by atoms with Crippen molar-refractivity contribution in [3.63, 3.8) is 0 Å². The summed E-state index contributed by atoms with van der Waals surface area (Å²) in [7, 11) is 3.31. The second kappa shape index (κ2) is 14.2. The molecule has 236 valence electrons. The molecule has 2 bridgehead atoms. The van der Waals surface area contributed by atoms with Gasteiger partial charge in [0.15, 0.2) is 0 Å². The van der Waals surface area contributed by atoms with Crippen molar-refractivity contribution in [3.8, 4) is 11.5 Å². The number of ether oxygens (including phenoxy) is 2. The lowest BCUT2D eigenvalue weighted by Gasteiger charge is -2.35. The lowest BCUT2D eigenvalue weighted by Crippen LogP contribution is -2.60. The summed E-state index contributed by atoms with van der Waals surface area (Å²) < 4.78 is 11.9. The van der Waals surface area contributed by atoms with Crippen molar-refractivity contribution in [1.29, 1.82) is 0 Å². The van der Waals surface area contributed by atoms with Gasteiger partial charge in [0.2, 0.25) is 23.6 Å².